The summed E-state index contributed by atoms with van der Waals surface area (Å²) in [5.41, 5.74) is 8.29. The van der Waals surface area contributed by atoms with E-state index >= 15 is 0 Å². The summed E-state index contributed by atoms with van der Waals surface area (Å²) in [7, 11) is 0. The van der Waals surface area contributed by atoms with Crippen molar-refractivity contribution in [1.29, 1.82) is 0 Å². The molecule has 0 saturated heterocycles. The number of fused-ring (bicyclic) bond motifs is 1. The van der Waals surface area contributed by atoms with Gasteiger partial charge in [-0.15, -0.1) is 0 Å². The summed E-state index contributed by atoms with van der Waals surface area (Å²) in [4.78, 5) is 12.2. The number of carbonyl (C=O) groups excluding carboxylic acids is 1. The highest BCUT2D eigenvalue weighted by molar-refractivity contribution is 7.80. The molecule has 2 aromatic carbocycles. The van der Waals surface area contributed by atoms with E-state index in [0.29, 0.717) is 10.8 Å². The molecule has 0 aliphatic heterocycles. The summed E-state index contributed by atoms with van der Waals surface area (Å²) >= 11 is 5.16. The van der Waals surface area contributed by atoms with Crippen molar-refractivity contribution in [2.75, 3.05) is 5.32 Å². The van der Waals surface area contributed by atoms with Gasteiger partial charge in [-0.1, -0.05) is 30.3 Å². The van der Waals surface area contributed by atoms with Gasteiger partial charge in [-0.25, -0.2) is 0 Å². The highest BCUT2D eigenvalue weighted by Crippen LogP contribution is 2.14. The number of thiocarbonyl (C=S) groups is 1. The van der Waals surface area contributed by atoms with E-state index < -0.39 is 0 Å². The van der Waals surface area contributed by atoms with Gasteiger partial charge in [0.05, 0.1) is 5.52 Å². The summed E-state index contributed by atoms with van der Waals surface area (Å²) in [5, 5.41) is 10.9. The van der Waals surface area contributed by atoms with Gasteiger partial charge in [-0.05, 0) is 42.9 Å². The van der Waals surface area contributed by atoms with Gasteiger partial charge in [-0.2, -0.15) is 5.10 Å². The molecule has 0 atom stereocenters. The molecule has 4 N–H and O–H groups in total. The Morgan fingerprint density at radius 2 is 1.96 bits per heavy atom. The number of hydrogen-bond donors (Lipinski definition) is 4. The van der Waals surface area contributed by atoms with E-state index in [1.54, 1.807) is 0 Å². The van der Waals surface area contributed by atoms with Crippen LogP contribution < -0.4 is 16.2 Å². The van der Waals surface area contributed by atoms with Crippen LogP contribution in [0.3, 0.4) is 0 Å². The quantitative estimate of drug-likeness (QED) is 0.430. The van der Waals surface area contributed by atoms with Crippen molar-refractivity contribution < 1.29 is 4.79 Å². The SMILES string of the molecule is Cc1cccc(NC(=S)NNC(=O)c2n[nH]c3ccccc23)c1. The van der Waals surface area contributed by atoms with Crippen LogP contribution in [0.4, 0.5) is 5.69 Å². The van der Waals surface area contributed by atoms with Crippen LogP contribution in [0.5, 0.6) is 0 Å². The van der Waals surface area contributed by atoms with Crippen LogP contribution in [-0.4, -0.2) is 21.2 Å². The Hall–Kier alpha value is -2.93. The van der Waals surface area contributed by atoms with Crippen molar-refractivity contribution in [2.45, 2.75) is 6.92 Å². The molecule has 3 aromatic rings. The lowest BCUT2D eigenvalue weighted by molar-refractivity contribution is 0.0940. The monoisotopic (exact) mass is 325 g/mol. The minimum atomic E-state index is -0.365. The minimum absolute atomic E-state index is 0.295. The van der Waals surface area contributed by atoms with Gasteiger partial charge in [0.25, 0.3) is 5.91 Å². The zero-order chi connectivity index (χ0) is 16.2. The lowest BCUT2D eigenvalue weighted by atomic mass is 10.2. The second kappa shape index (κ2) is 6.45. The fourth-order valence-electron chi connectivity index (χ4n) is 2.19. The Bertz CT molecular complexity index is 874. The molecule has 0 unspecified atom stereocenters. The van der Waals surface area contributed by atoms with Crippen molar-refractivity contribution >= 4 is 39.8 Å². The zero-order valence-electron chi connectivity index (χ0n) is 12.4. The number of hydrazine groups is 1. The first-order chi connectivity index (χ1) is 11.1. The normalized spacial score (nSPS) is 10.3. The molecule has 0 aliphatic rings. The molecule has 0 bridgehead atoms. The number of aromatic nitrogens is 2. The molecule has 1 heterocycles. The zero-order valence-corrected chi connectivity index (χ0v) is 13.2. The van der Waals surface area contributed by atoms with Crippen LogP contribution in [0.25, 0.3) is 10.9 Å². The highest BCUT2D eigenvalue weighted by atomic mass is 32.1. The number of benzene rings is 2. The molecule has 3 rings (SSSR count). The lowest BCUT2D eigenvalue weighted by Crippen LogP contribution is -2.43. The van der Waals surface area contributed by atoms with E-state index in [4.69, 9.17) is 12.2 Å². The van der Waals surface area contributed by atoms with E-state index in [0.717, 1.165) is 22.2 Å². The Labute approximate surface area is 138 Å². The Morgan fingerprint density at radius 1 is 1.13 bits per heavy atom. The first-order valence-corrected chi connectivity index (χ1v) is 7.41. The fraction of sp³-hybridized carbons (Fsp3) is 0.0625. The van der Waals surface area contributed by atoms with Crippen LogP contribution in [0, 0.1) is 6.92 Å². The highest BCUT2D eigenvalue weighted by Gasteiger charge is 2.13. The van der Waals surface area contributed by atoms with Crippen molar-refractivity contribution in [3.05, 3.63) is 59.8 Å². The standard InChI is InChI=1S/C16H15N5OS/c1-10-5-4-6-11(9-10)17-16(23)21-20-15(22)14-12-7-2-3-8-13(12)18-19-14/h2-9H,1H3,(H,18,19)(H,20,22)(H2,17,21,23). The van der Waals surface area contributed by atoms with Crippen LogP contribution in [-0.2, 0) is 0 Å². The molecular formula is C16H15N5OS. The maximum atomic E-state index is 12.2. The van der Waals surface area contributed by atoms with Gasteiger partial charge in [-0.3, -0.25) is 20.7 Å². The second-order valence-electron chi connectivity index (χ2n) is 5.02. The second-order valence-corrected chi connectivity index (χ2v) is 5.43. The molecule has 0 saturated carbocycles. The average Bonchev–Trinajstić information content (AvgIpc) is 2.97. The van der Waals surface area contributed by atoms with E-state index in [1.165, 1.54) is 0 Å². The number of aryl methyl sites for hydroxylation is 1. The predicted octanol–water partition coefficient (Wildman–Crippen LogP) is 2.50. The van der Waals surface area contributed by atoms with Crippen LogP contribution in [0.15, 0.2) is 48.5 Å². The molecule has 0 aliphatic carbocycles. The molecular weight excluding hydrogens is 310 g/mol. The third kappa shape index (κ3) is 3.46. The molecule has 1 aromatic heterocycles. The van der Waals surface area contributed by atoms with Crippen LogP contribution >= 0.6 is 12.2 Å². The maximum Gasteiger partial charge on any atom is 0.290 e. The number of rotatable bonds is 2. The first kappa shape index (κ1) is 15.0. The number of amides is 1. The summed E-state index contributed by atoms with van der Waals surface area (Å²) < 4.78 is 0. The van der Waals surface area contributed by atoms with Gasteiger partial charge in [0.15, 0.2) is 10.8 Å². The van der Waals surface area contributed by atoms with E-state index in [-0.39, 0.29) is 5.91 Å². The molecule has 23 heavy (non-hydrogen) atoms. The molecule has 7 heteroatoms. The molecule has 0 spiro atoms. The van der Waals surface area contributed by atoms with Crippen molar-refractivity contribution in [3.63, 3.8) is 0 Å². The third-order valence-electron chi connectivity index (χ3n) is 3.25. The summed E-state index contributed by atoms with van der Waals surface area (Å²) in [5.74, 6) is -0.365. The minimum Gasteiger partial charge on any atom is -0.331 e. The lowest BCUT2D eigenvalue weighted by Gasteiger charge is -2.11. The Balaban J connectivity index is 1.61. The van der Waals surface area contributed by atoms with E-state index in [1.807, 2.05) is 55.5 Å². The number of hydrogen-bond acceptors (Lipinski definition) is 3. The number of carbonyl (C=O) groups is 1. The van der Waals surface area contributed by atoms with Gasteiger partial charge >= 0.3 is 0 Å². The predicted molar refractivity (Wildman–Crippen MR) is 94.1 cm³/mol. The molecule has 0 radical (unpaired) electrons. The number of nitrogens with one attached hydrogen (secondary N) is 4. The van der Waals surface area contributed by atoms with E-state index in [9.17, 15) is 4.79 Å². The summed E-state index contributed by atoms with van der Waals surface area (Å²) in [6.07, 6.45) is 0. The first-order valence-electron chi connectivity index (χ1n) is 7.00. The van der Waals surface area contributed by atoms with Crippen LogP contribution in [0.2, 0.25) is 0 Å². The number of para-hydroxylation sites is 1. The Morgan fingerprint density at radius 3 is 2.78 bits per heavy atom. The van der Waals surface area contributed by atoms with Crippen molar-refractivity contribution in [2.24, 2.45) is 0 Å². The van der Waals surface area contributed by atoms with Crippen LogP contribution in [0.1, 0.15) is 16.1 Å². The molecule has 6 nitrogen and oxygen atoms in total. The third-order valence-corrected chi connectivity index (χ3v) is 3.46. The number of anilines is 1. The number of nitrogens with zero attached hydrogens (tertiary/aromatic N) is 1. The van der Waals surface area contributed by atoms with Crippen molar-refractivity contribution in [1.82, 2.24) is 21.0 Å². The van der Waals surface area contributed by atoms with Crippen molar-refractivity contribution in [3.8, 4) is 0 Å². The van der Waals surface area contributed by atoms with E-state index in [2.05, 4.69) is 26.4 Å². The summed E-state index contributed by atoms with van der Waals surface area (Å²) in [6.45, 7) is 1.99. The van der Waals surface area contributed by atoms with Gasteiger partial charge in [0, 0.05) is 11.1 Å². The van der Waals surface area contributed by atoms with Gasteiger partial charge in [0.2, 0.25) is 0 Å². The van der Waals surface area contributed by atoms with Gasteiger partial charge < -0.3 is 5.32 Å². The smallest absolute Gasteiger partial charge is 0.290 e. The maximum absolute atomic E-state index is 12.2. The average molecular weight is 325 g/mol. The fourth-order valence-corrected chi connectivity index (χ4v) is 2.36. The molecule has 0 fully saturated rings. The topological polar surface area (TPSA) is 81.8 Å². The number of aromatic amines is 1. The summed E-state index contributed by atoms with van der Waals surface area (Å²) in [6, 6.07) is 15.2. The molecule has 1 amide bonds. The molecule has 116 valence electrons. The number of H-pyrrole nitrogens is 1. The van der Waals surface area contributed by atoms with Gasteiger partial charge in [0.1, 0.15) is 0 Å². The largest absolute Gasteiger partial charge is 0.331 e. The Kier molecular flexibility index (Phi) is 4.20.